The summed E-state index contributed by atoms with van der Waals surface area (Å²) in [5, 5.41) is 4.04. The molecule has 2 nitrogen and oxygen atoms in total. The zero-order valence-corrected chi connectivity index (χ0v) is 11.9. The van der Waals surface area contributed by atoms with E-state index < -0.39 is 0 Å². The van der Waals surface area contributed by atoms with E-state index in [1.54, 1.807) is 0 Å². The van der Waals surface area contributed by atoms with Crippen LogP contribution in [0.15, 0.2) is 24.3 Å². The van der Waals surface area contributed by atoms with Crippen LogP contribution in [0, 0.1) is 5.92 Å². The topological polar surface area (TPSA) is 29.1 Å². The SMILES string of the molecule is O=C(NC1(c2ccc(Cl)cc2)CC1)C1CCCCC1. The zero-order chi connectivity index (χ0) is 13.3. The van der Waals surface area contributed by atoms with Gasteiger partial charge in [0.1, 0.15) is 0 Å². The standard InChI is InChI=1S/C16H20ClNO/c17-14-8-6-13(7-9-14)16(10-11-16)18-15(19)12-4-2-1-3-5-12/h6-9,12H,1-5,10-11H2,(H,18,19). The second-order valence-electron chi connectivity index (χ2n) is 5.91. The van der Waals surface area contributed by atoms with Crippen molar-refractivity contribution in [3.8, 4) is 0 Å². The van der Waals surface area contributed by atoms with Crippen molar-refractivity contribution in [3.63, 3.8) is 0 Å². The smallest absolute Gasteiger partial charge is 0.223 e. The second-order valence-corrected chi connectivity index (χ2v) is 6.35. The van der Waals surface area contributed by atoms with Gasteiger partial charge >= 0.3 is 0 Å². The van der Waals surface area contributed by atoms with Gasteiger partial charge in [-0.25, -0.2) is 0 Å². The summed E-state index contributed by atoms with van der Waals surface area (Å²) in [4.78, 5) is 12.4. The first-order chi connectivity index (χ1) is 9.20. The van der Waals surface area contributed by atoms with E-state index in [-0.39, 0.29) is 17.4 Å². The monoisotopic (exact) mass is 277 g/mol. The fraction of sp³-hybridized carbons (Fsp3) is 0.562. The lowest BCUT2D eigenvalue weighted by molar-refractivity contribution is -0.127. The van der Waals surface area contributed by atoms with Crippen molar-refractivity contribution in [3.05, 3.63) is 34.9 Å². The predicted molar refractivity (Wildman–Crippen MR) is 77.1 cm³/mol. The van der Waals surface area contributed by atoms with Crippen molar-refractivity contribution in [1.29, 1.82) is 0 Å². The van der Waals surface area contributed by atoms with Gasteiger partial charge in [-0.05, 0) is 43.4 Å². The molecule has 1 aromatic rings. The molecule has 1 amide bonds. The minimum absolute atomic E-state index is 0.0981. The molecular formula is C16H20ClNO. The normalized spacial score (nSPS) is 21.9. The average molecular weight is 278 g/mol. The molecule has 3 rings (SSSR count). The molecule has 0 unspecified atom stereocenters. The van der Waals surface area contributed by atoms with Crippen molar-refractivity contribution in [2.45, 2.75) is 50.5 Å². The van der Waals surface area contributed by atoms with E-state index >= 15 is 0 Å². The minimum Gasteiger partial charge on any atom is -0.346 e. The van der Waals surface area contributed by atoms with Crippen LogP contribution in [0.4, 0.5) is 0 Å². The van der Waals surface area contributed by atoms with Gasteiger partial charge in [0.2, 0.25) is 5.91 Å². The maximum atomic E-state index is 12.4. The molecule has 0 aromatic heterocycles. The van der Waals surface area contributed by atoms with Crippen molar-refractivity contribution in [2.24, 2.45) is 5.92 Å². The third kappa shape index (κ3) is 2.79. The molecular weight excluding hydrogens is 258 g/mol. The molecule has 0 saturated heterocycles. The Balaban J connectivity index is 1.68. The first-order valence-corrected chi connectivity index (χ1v) is 7.65. The van der Waals surface area contributed by atoms with E-state index in [1.807, 2.05) is 24.3 Å². The Labute approximate surface area is 119 Å². The first kappa shape index (κ1) is 13.0. The molecule has 0 bridgehead atoms. The molecule has 0 radical (unpaired) electrons. The Hall–Kier alpha value is -1.02. The molecule has 1 N–H and O–H groups in total. The Kier molecular flexibility index (Phi) is 3.53. The Morgan fingerprint density at radius 1 is 1.11 bits per heavy atom. The van der Waals surface area contributed by atoms with Gasteiger partial charge in [0.25, 0.3) is 0 Å². The number of halogens is 1. The van der Waals surface area contributed by atoms with Gasteiger partial charge in [0.15, 0.2) is 0 Å². The largest absolute Gasteiger partial charge is 0.346 e. The molecule has 1 aromatic carbocycles. The number of hydrogen-bond donors (Lipinski definition) is 1. The highest BCUT2D eigenvalue weighted by molar-refractivity contribution is 6.30. The summed E-state index contributed by atoms with van der Waals surface area (Å²) in [6.07, 6.45) is 7.90. The Morgan fingerprint density at radius 3 is 2.32 bits per heavy atom. The number of amides is 1. The van der Waals surface area contributed by atoms with Crippen molar-refractivity contribution in [1.82, 2.24) is 5.32 Å². The summed E-state index contributed by atoms with van der Waals surface area (Å²) in [5.41, 5.74) is 1.10. The Morgan fingerprint density at radius 2 is 1.74 bits per heavy atom. The van der Waals surface area contributed by atoms with Crippen LogP contribution < -0.4 is 5.32 Å². The molecule has 0 atom stereocenters. The number of nitrogens with one attached hydrogen (secondary N) is 1. The van der Waals surface area contributed by atoms with Crippen LogP contribution in [0.1, 0.15) is 50.5 Å². The van der Waals surface area contributed by atoms with Crippen LogP contribution in [0.2, 0.25) is 5.02 Å². The summed E-state index contributed by atoms with van der Waals surface area (Å²) in [5.74, 6) is 0.491. The van der Waals surface area contributed by atoms with Gasteiger partial charge in [-0.2, -0.15) is 0 Å². The number of benzene rings is 1. The summed E-state index contributed by atoms with van der Waals surface area (Å²) >= 11 is 5.92. The van der Waals surface area contributed by atoms with Crippen molar-refractivity contribution < 1.29 is 4.79 Å². The molecule has 0 spiro atoms. The summed E-state index contributed by atoms with van der Waals surface area (Å²) < 4.78 is 0. The molecule has 0 aliphatic heterocycles. The van der Waals surface area contributed by atoms with Crippen LogP contribution >= 0.6 is 11.6 Å². The van der Waals surface area contributed by atoms with E-state index in [4.69, 9.17) is 11.6 Å². The molecule has 2 aliphatic carbocycles. The van der Waals surface area contributed by atoms with Gasteiger partial charge in [-0.3, -0.25) is 4.79 Å². The fourth-order valence-electron chi connectivity index (χ4n) is 3.08. The van der Waals surface area contributed by atoms with Crippen molar-refractivity contribution in [2.75, 3.05) is 0 Å². The number of carbonyl (C=O) groups is 1. The summed E-state index contributed by atoms with van der Waals surface area (Å²) in [6, 6.07) is 7.89. The van der Waals surface area contributed by atoms with E-state index in [2.05, 4.69) is 5.32 Å². The number of hydrogen-bond acceptors (Lipinski definition) is 1. The summed E-state index contributed by atoms with van der Waals surface area (Å²) in [6.45, 7) is 0. The van der Waals surface area contributed by atoms with Gasteiger partial charge in [-0.1, -0.05) is 43.0 Å². The highest BCUT2D eigenvalue weighted by Gasteiger charge is 2.46. The molecule has 2 saturated carbocycles. The third-order valence-electron chi connectivity index (χ3n) is 4.49. The van der Waals surface area contributed by atoms with Crippen LogP contribution in [0.5, 0.6) is 0 Å². The third-order valence-corrected chi connectivity index (χ3v) is 4.74. The van der Waals surface area contributed by atoms with E-state index in [0.717, 1.165) is 30.7 Å². The van der Waals surface area contributed by atoms with Gasteiger partial charge in [-0.15, -0.1) is 0 Å². The number of carbonyl (C=O) groups excluding carboxylic acids is 1. The molecule has 19 heavy (non-hydrogen) atoms. The van der Waals surface area contributed by atoms with Gasteiger partial charge < -0.3 is 5.32 Å². The highest BCUT2D eigenvalue weighted by atomic mass is 35.5. The van der Waals surface area contributed by atoms with Crippen LogP contribution in [-0.2, 0) is 10.3 Å². The zero-order valence-electron chi connectivity index (χ0n) is 11.1. The van der Waals surface area contributed by atoms with Crippen LogP contribution in [0.25, 0.3) is 0 Å². The molecule has 2 fully saturated rings. The molecule has 102 valence electrons. The van der Waals surface area contributed by atoms with Gasteiger partial charge in [0.05, 0.1) is 5.54 Å². The van der Waals surface area contributed by atoms with E-state index in [9.17, 15) is 4.79 Å². The maximum Gasteiger partial charge on any atom is 0.223 e. The lowest BCUT2D eigenvalue weighted by Crippen LogP contribution is -2.39. The van der Waals surface area contributed by atoms with Crippen LogP contribution in [0.3, 0.4) is 0 Å². The quantitative estimate of drug-likeness (QED) is 0.888. The molecule has 3 heteroatoms. The van der Waals surface area contributed by atoms with Crippen molar-refractivity contribution >= 4 is 17.5 Å². The fourth-order valence-corrected chi connectivity index (χ4v) is 3.21. The highest BCUT2D eigenvalue weighted by Crippen LogP contribution is 2.46. The van der Waals surface area contributed by atoms with E-state index in [0.29, 0.717) is 0 Å². The Bertz CT molecular complexity index is 458. The maximum absolute atomic E-state index is 12.4. The van der Waals surface area contributed by atoms with E-state index in [1.165, 1.54) is 24.8 Å². The molecule has 0 heterocycles. The average Bonchev–Trinajstić information content (AvgIpc) is 3.21. The first-order valence-electron chi connectivity index (χ1n) is 7.28. The van der Waals surface area contributed by atoms with Gasteiger partial charge in [0, 0.05) is 10.9 Å². The minimum atomic E-state index is -0.0981. The van der Waals surface area contributed by atoms with Crippen LogP contribution in [-0.4, -0.2) is 5.91 Å². The second kappa shape index (κ2) is 5.16. The predicted octanol–water partition coefficient (Wildman–Crippen LogP) is 4.03. The molecule has 2 aliphatic rings. The lowest BCUT2D eigenvalue weighted by Gasteiger charge is -2.25. The summed E-state index contributed by atoms with van der Waals surface area (Å²) in [7, 11) is 0. The lowest BCUT2D eigenvalue weighted by atomic mass is 9.88. The number of rotatable bonds is 3.